The number of anilines is 2. The van der Waals surface area contributed by atoms with Crippen LogP contribution in [0, 0.1) is 0 Å². The molecule has 0 bridgehead atoms. The van der Waals surface area contributed by atoms with Gasteiger partial charge in [-0.3, -0.25) is 9.58 Å². The Bertz CT molecular complexity index is 914. The van der Waals surface area contributed by atoms with E-state index in [0.717, 1.165) is 49.5 Å². The Kier molecular flexibility index (Phi) is 4.81. The van der Waals surface area contributed by atoms with E-state index < -0.39 is 0 Å². The van der Waals surface area contributed by atoms with Gasteiger partial charge in [-0.25, -0.2) is 0 Å². The zero-order valence-corrected chi connectivity index (χ0v) is 15.8. The lowest BCUT2D eigenvalue weighted by Gasteiger charge is -2.34. The number of aryl methyl sites for hydroxylation is 1. The fraction of sp³-hybridized carbons (Fsp3) is 0.421. The largest absolute Gasteiger partial charge is 0.494 e. The van der Waals surface area contributed by atoms with Gasteiger partial charge in [-0.15, -0.1) is 0 Å². The second-order valence-corrected chi connectivity index (χ2v) is 6.75. The van der Waals surface area contributed by atoms with Crippen LogP contribution < -0.4 is 15.4 Å². The molecule has 3 aromatic rings. The van der Waals surface area contributed by atoms with Gasteiger partial charge in [0.05, 0.1) is 18.2 Å². The minimum atomic E-state index is 0.486. The second kappa shape index (κ2) is 7.40. The molecule has 1 aromatic carbocycles. The molecule has 142 valence electrons. The Hall–Kier alpha value is -2.87. The van der Waals surface area contributed by atoms with Gasteiger partial charge >= 0.3 is 0 Å². The highest BCUT2D eigenvalue weighted by Gasteiger charge is 2.21. The van der Waals surface area contributed by atoms with Gasteiger partial charge in [-0.2, -0.15) is 15.1 Å². The summed E-state index contributed by atoms with van der Waals surface area (Å²) in [6.07, 6.45) is 1.71. The molecule has 0 saturated carbocycles. The summed E-state index contributed by atoms with van der Waals surface area (Å²) in [6.45, 7) is 7.29. The first-order valence-corrected chi connectivity index (χ1v) is 9.28. The monoisotopic (exact) mass is 367 g/mol. The number of fused-ring (bicyclic) bond motifs is 1. The quantitative estimate of drug-likeness (QED) is 0.734. The molecule has 1 aliphatic heterocycles. The first-order chi connectivity index (χ1) is 13.1. The molecule has 1 aliphatic rings. The Morgan fingerprint density at radius 3 is 2.52 bits per heavy atom. The van der Waals surface area contributed by atoms with E-state index in [1.54, 1.807) is 10.9 Å². The van der Waals surface area contributed by atoms with Gasteiger partial charge in [0, 0.05) is 39.8 Å². The van der Waals surface area contributed by atoms with Crippen molar-refractivity contribution in [2.24, 2.45) is 7.05 Å². The summed E-state index contributed by atoms with van der Waals surface area (Å²) in [7, 11) is 1.87. The minimum Gasteiger partial charge on any atom is -0.494 e. The van der Waals surface area contributed by atoms with Crippen LogP contribution in [-0.4, -0.2) is 57.4 Å². The average molecular weight is 367 g/mol. The third-order valence-electron chi connectivity index (χ3n) is 4.91. The number of hydrogen-bond donors (Lipinski definition) is 1. The van der Waals surface area contributed by atoms with Crippen LogP contribution in [0.4, 0.5) is 11.8 Å². The van der Waals surface area contributed by atoms with E-state index in [2.05, 4.69) is 37.0 Å². The van der Waals surface area contributed by atoms with Gasteiger partial charge in [-0.1, -0.05) is 12.1 Å². The summed E-state index contributed by atoms with van der Waals surface area (Å²) < 4.78 is 7.24. The molecule has 0 spiro atoms. The molecule has 2 N–H and O–H groups in total. The van der Waals surface area contributed by atoms with Crippen molar-refractivity contribution < 1.29 is 4.74 Å². The van der Waals surface area contributed by atoms with Crippen molar-refractivity contribution in [3.8, 4) is 5.75 Å². The molecule has 3 heterocycles. The number of nitrogens with zero attached hydrogens (tertiary/aromatic N) is 6. The van der Waals surface area contributed by atoms with Crippen LogP contribution in [0.5, 0.6) is 5.75 Å². The standard InChI is InChI=1S/C19H25N7O/c1-3-27-15-6-4-14(5-7-15)13-25-8-10-26(11-9-25)19-22-17(20)16-12-21-24(2)18(16)23-19/h4-7,12H,3,8-11,13H2,1-2H3,(H2,20,22,23). The number of rotatable bonds is 5. The smallest absolute Gasteiger partial charge is 0.229 e. The number of benzene rings is 1. The third kappa shape index (κ3) is 3.66. The molecule has 0 aliphatic carbocycles. The van der Waals surface area contributed by atoms with E-state index in [-0.39, 0.29) is 0 Å². The zero-order chi connectivity index (χ0) is 18.8. The fourth-order valence-corrected chi connectivity index (χ4v) is 3.40. The molecule has 8 heteroatoms. The Morgan fingerprint density at radius 1 is 1.07 bits per heavy atom. The van der Waals surface area contributed by atoms with Gasteiger partial charge in [0.1, 0.15) is 11.6 Å². The van der Waals surface area contributed by atoms with Crippen molar-refractivity contribution >= 4 is 22.8 Å². The molecule has 1 fully saturated rings. The molecule has 27 heavy (non-hydrogen) atoms. The van der Waals surface area contributed by atoms with Crippen LogP contribution in [0.25, 0.3) is 11.0 Å². The maximum absolute atomic E-state index is 6.09. The molecule has 0 radical (unpaired) electrons. The van der Waals surface area contributed by atoms with Crippen molar-refractivity contribution in [2.75, 3.05) is 43.4 Å². The molecular weight excluding hydrogens is 342 g/mol. The molecule has 1 saturated heterocycles. The van der Waals surface area contributed by atoms with Crippen molar-refractivity contribution in [3.05, 3.63) is 36.0 Å². The van der Waals surface area contributed by atoms with Gasteiger partial charge in [-0.05, 0) is 24.6 Å². The highest BCUT2D eigenvalue weighted by molar-refractivity contribution is 5.86. The molecular formula is C19H25N7O. The van der Waals surface area contributed by atoms with Gasteiger partial charge in [0.2, 0.25) is 5.95 Å². The predicted octanol–water partition coefficient (Wildman–Crippen LogP) is 1.67. The minimum absolute atomic E-state index is 0.486. The van der Waals surface area contributed by atoms with E-state index in [0.29, 0.717) is 18.4 Å². The van der Waals surface area contributed by atoms with E-state index in [9.17, 15) is 0 Å². The number of piperazine rings is 1. The van der Waals surface area contributed by atoms with E-state index in [1.807, 2.05) is 26.1 Å². The molecule has 4 rings (SSSR count). The molecule has 2 aromatic heterocycles. The molecule has 8 nitrogen and oxygen atoms in total. The van der Waals surface area contributed by atoms with Gasteiger partial charge in [0.15, 0.2) is 5.65 Å². The van der Waals surface area contributed by atoms with E-state index in [4.69, 9.17) is 10.5 Å². The van der Waals surface area contributed by atoms with Gasteiger partial charge < -0.3 is 15.4 Å². The average Bonchev–Trinajstić information content (AvgIpc) is 3.06. The highest BCUT2D eigenvalue weighted by Crippen LogP contribution is 2.22. The van der Waals surface area contributed by atoms with Crippen LogP contribution in [0.2, 0.25) is 0 Å². The van der Waals surface area contributed by atoms with E-state index >= 15 is 0 Å². The number of hydrogen-bond acceptors (Lipinski definition) is 7. The number of aromatic nitrogens is 4. The first-order valence-electron chi connectivity index (χ1n) is 9.28. The molecule has 0 unspecified atom stereocenters. The first kappa shape index (κ1) is 17.5. The number of nitrogen functional groups attached to an aromatic ring is 1. The summed E-state index contributed by atoms with van der Waals surface area (Å²) in [5, 5.41) is 5.02. The van der Waals surface area contributed by atoms with Gasteiger partial charge in [0.25, 0.3) is 0 Å². The molecule has 0 amide bonds. The molecule has 0 atom stereocenters. The van der Waals surface area contributed by atoms with Crippen LogP contribution in [0.3, 0.4) is 0 Å². The van der Waals surface area contributed by atoms with Crippen LogP contribution in [0.15, 0.2) is 30.5 Å². The maximum atomic E-state index is 6.09. The lowest BCUT2D eigenvalue weighted by Crippen LogP contribution is -2.46. The van der Waals surface area contributed by atoms with Crippen LogP contribution in [-0.2, 0) is 13.6 Å². The summed E-state index contributed by atoms with van der Waals surface area (Å²) in [6, 6.07) is 8.35. The lowest BCUT2D eigenvalue weighted by atomic mass is 10.2. The summed E-state index contributed by atoms with van der Waals surface area (Å²) in [5.74, 6) is 2.09. The van der Waals surface area contributed by atoms with Crippen molar-refractivity contribution in [2.45, 2.75) is 13.5 Å². The Balaban J connectivity index is 1.39. The topological polar surface area (TPSA) is 85.3 Å². The Morgan fingerprint density at radius 2 is 1.81 bits per heavy atom. The van der Waals surface area contributed by atoms with Crippen LogP contribution in [0.1, 0.15) is 12.5 Å². The summed E-state index contributed by atoms with van der Waals surface area (Å²) in [4.78, 5) is 13.8. The maximum Gasteiger partial charge on any atom is 0.229 e. The highest BCUT2D eigenvalue weighted by atomic mass is 16.5. The van der Waals surface area contributed by atoms with Crippen molar-refractivity contribution in [1.82, 2.24) is 24.6 Å². The second-order valence-electron chi connectivity index (χ2n) is 6.75. The number of ether oxygens (including phenoxy) is 1. The van der Waals surface area contributed by atoms with E-state index in [1.165, 1.54) is 5.56 Å². The van der Waals surface area contributed by atoms with Crippen molar-refractivity contribution in [3.63, 3.8) is 0 Å². The predicted molar refractivity (Wildman–Crippen MR) is 106 cm³/mol. The summed E-state index contributed by atoms with van der Waals surface area (Å²) in [5.41, 5.74) is 8.16. The third-order valence-corrected chi connectivity index (χ3v) is 4.91. The zero-order valence-electron chi connectivity index (χ0n) is 15.8. The summed E-state index contributed by atoms with van der Waals surface area (Å²) >= 11 is 0. The fourth-order valence-electron chi connectivity index (χ4n) is 3.40. The lowest BCUT2D eigenvalue weighted by molar-refractivity contribution is 0.248. The van der Waals surface area contributed by atoms with Crippen LogP contribution >= 0.6 is 0 Å². The number of nitrogens with two attached hydrogens (primary N) is 1. The Labute approximate surface area is 158 Å². The normalized spacial score (nSPS) is 15.4. The van der Waals surface area contributed by atoms with Crippen molar-refractivity contribution in [1.29, 1.82) is 0 Å². The SMILES string of the molecule is CCOc1ccc(CN2CCN(c3nc(N)c4cnn(C)c4n3)CC2)cc1.